The summed E-state index contributed by atoms with van der Waals surface area (Å²) in [7, 11) is 1.71. The fourth-order valence-electron chi connectivity index (χ4n) is 3.49. The lowest BCUT2D eigenvalue weighted by molar-refractivity contribution is 0.0323. The van der Waals surface area contributed by atoms with E-state index in [0.29, 0.717) is 11.5 Å². The van der Waals surface area contributed by atoms with Gasteiger partial charge in [-0.15, -0.1) is 0 Å². The maximum absolute atomic E-state index is 6.05. The Hall–Kier alpha value is -1.06. The Labute approximate surface area is 115 Å². The van der Waals surface area contributed by atoms with E-state index in [0.717, 1.165) is 31.9 Å². The average Bonchev–Trinajstić information content (AvgIpc) is 2.83. The third kappa shape index (κ3) is 2.63. The highest BCUT2D eigenvalue weighted by Crippen LogP contribution is 2.43. The minimum absolute atomic E-state index is 0.392. The van der Waals surface area contributed by atoms with Crippen molar-refractivity contribution in [2.24, 2.45) is 5.41 Å². The van der Waals surface area contributed by atoms with Crippen LogP contribution in [0.3, 0.4) is 0 Å². The molecule has 2 heterocycles. The molecule has 2 fully saturated rings. The molecule has 1 N–H and O–H groups in total. The molecule has 0 saturated carbocycles. The standard InChI is InChI=1S/C16H23NO2/c1-18-14-4-2-13(3-5-14)12-15-16(8-11-19-15)6-9-17-10-7-16/h2-5,15,17H,6-12H2,1H3/t15-/m1/s1. The first-order valence-electron chi connectivity index (χ1n) is 7.28. The van der Waals surface area contributed by atoms with Gasteiger partial charge < -0.3 is 14.8 Å². The number of rotatable bonds is 3. The van der Waals surface area contributed by atoms with Crippen molar-refractivity contribution in [3.8, 4) is 5.75 Å². The van der Waals surface area contributed by atoms with Crippen molar-refractivity contribution in [3.05, 3.63) is 29.8 Å². The van der Waals surface area contributed by atoms with E-state index in [9.17, 15) is 0 Å². The number of hydrogen-bond donors (Lipinski definition) is 1. The Morgan fingerprint density at radius 3 is 2.63 bits per heavy atom. The molecule has 2 aliphatic rings. The molecule has 3 rings (SSSR count). The molecule has 19 heavy (non-hydrogen) atoms. The van der Waals surface area contributed by atoms with Gasteiger partial charge in [-0.1, -0.05) is 12.1 Å². The minimum atomic E-state index is 0.392. The average molecular weight is 261 g/mol. The Morgan fingerprint density at radius 2 is 1.95 bits per heavy atom. The molecule has 3 nitrogen and oxygen atoms in total. The Kier molecular flexibility index (Phi) is 3.76. The quantitative estimate of drug-likeness (QED) is 0.906. The summed E-state index contributed by atoms with van der Waals surface area (Å²) >= 11 is 0. The summed E-state index contributed by atoms with van der Waals surface area (Å²) in [6, 6.07) is 8.41. The smallest absolute Gasteiger partial charge is 0.118 e. The fourth-order valence-corrected chi connectivity index (χ4v) is 3.49. The second kappa shape index (κ2) is 5.51. The summed E-state index contributed by atoms with van der Waals surface area (Å²) in [4.78, 5) is 0. The summed E-state index contributed by atoms with van der Waals surface area (Å²) in [5.74, 6) is 0.924. The molecule has 0 aliphatic carbocycles. The van der Waals surface area contributed by atoms with E-state index in [1.165, 1.54) is 24.8 Å². The molecule has 2 saturated heterocycles. The van der Waals surface area contributed by atoms with Gasteiger partial charge >= 0.3 is 0 Å². The predicted molar refractivity (Wildman–Crippen MR) is 75.6 cm³/mol. The molecule has 1 atom stereocenters. The molecule has 0 bridgehead atoms. The lowest BCUT2D eigenvalue weighted by Gasteiger charge is -2.38. The molecule has 0 aromatic heterocycles. The Bertz CT molecular complexity index is 409. The molecule has 1 spiro atoms. The zero-order valence-electron chi connectivity index (χ0n) is 11.7. The second-order valence-electron chi connectivity index (χ2n) is 5.77. The summed E-state index contributed by atoms with van der Waals surface area (Å²) in [6.07, 6.45) is 5.17. The number of hydrogen-bond acceptors (Lipinski definition) is 3. The number of ether oxygens (including phenoxy) is 2. The van der Waals surface area contributed by atoms with Crippen LogP contribution in [0.5, 0.6) is 5.75 Å². The van der Waals surface area contributed by atoms with Gasteiger partial charge in [0, 0.05) is 12.0 Å². The number of benzene rings is 1. The van der Waals surface area contributed by atoms with Crippen LogP contribution in [0.2, 0.25) is 0 Å². The van der Waals surface area contributed by atoms with E-state index >= 15 is 0 Å². The van der Waals surface area contributed by atoms with Crippen molar-refractivity contribution in [2.75, 3.05) is 26.8 Å². The molecule has 3 heteroatoms. The topological polar surface area (TPSA) is 30.5 Å². The maximum Gasteiger partial charge on any atom is 0.118 e. The summed E-state index contributed by atoms with van der Waals surface area (Å²) in [5.41, 5.74) is 1.77. The molecule has 0 radical (unpaired) electrons. The van der Waals surface area contributed by atoms with E-state index in [4.69, 9.17) is 9.47 Å². The highest BCUT2D eigenvalue weighted by atomic mass is 16.5. The molecular weight excluding hydrogens is 238 g/mol. The van der Waals surface area contributed by atoms with E-state index in [-0.39, 0.29) is 0 Å². The van der Waals surface area contributed by atoms with Gasteiger partial charge in [-0.25, -0.2) is 0 Å². The van der Waals surface area contributed by atoms with Crippen LogP contribution in [0, 0.1) is 5.41 Å². The van der Waals surface area contributed by atoms with Crippen LogP contribution in [0.4, 0.5) is 0 Å². The molecule has 104 valence electrons. The molecule has 1 aromatic rings. The van der Waals surface area contributed by atoms with E-state index in [1.54, 1.807) is 7.11 Å². The highest BCUT2D eigenvalue weighted by Gasteiger charge is 2.44. The van der Waals surface area contributed by atoms with Crippen LogP contribution < -0.4 is 10.1 Å². The molecule has 1 aromatic carbocycles. The SMILES string of the molecule is COc1ccc(C[C@H]2OCCC23CCNCC3)cc1. The summed E-state index contributed by atoms with van der Waals surface area (Å²) in [6.45, 7) is 3.21. The van der Waals surface area contributed by atoms with Crippen LogP contribution in [0.1, 0.15) is 24.8 Å². The Balaban J connectivity index is 1.70. The first-order chi connectivity index (χ1) is 9.32. The summed E-state index contributed by atoms with van der Waals surface area (Å²) < 4.78 is 11.3. The first kappa shape index (κ1) is 12.9. The minimum Gasteiger partial charge on any atom is -0.497 e. The van der Waals surface area contributed by atoms with Gasteiger partial charge in [0.15, 0.2) is 0 Å². The molecular formula is C16H23NO2. The van der Waals surface area contributed by atoms with Crippen LogP contribution >= 0.6 is 0 Å². The number of nitrogens with one attached hydrogen (secondary N) is 1. The zero-order valence-corrected chi connectivity index (χ0v) is 11.7. The summed E-state index contributed by atoms with van der Waals surface area (Å²) in [5, 5.41) is 3.46. The largest absolute Gasteiger partial charge is 0.497 e. The third-order valence-corrected chi connectivity index (χ3v) is 4.78. The van der Waals surface area contributed by atoms with Crippen molar-refractivity contribution < 1.29 is 9.47 Å². The third-order valence-electron chi connectivity index (χ3n) is 4.78. The second-order valence-corrected chi connectivity index (χ2v) is 5.77. The van der Waals surface area contributed by atoms with Crippen molar-refractivity contribution >= 4 is 0 Å². The van der Waals surface area contributed by atoms with Gasteiger partial charge in [-0.3, -0.25) is 0 Å². The van der Waals surface area contributed by atoms with Crippen LogP contribution in [0.25, 0.3) is 0 Å². The van der Waals surface area contributed by atoms with Crippen LogP contribution in [-0.2, 0) is 11.2 Å². The van der Waals surface area contributed by atoms with Crippen molar-refractivity contribution in [2.45, 2.75) is 31.8 Å². The van der Waals surface area contributed by atoms with Crippen LogP contribution in [-0.4, -0.2) is 32.9 Å². The van der Waals surface area contributed by atoms with Crippen molar-refractivity contribution in [1.82, 2.24) is 5.32 Å². The lowest BCUT2D eigenvalue weighted by Crippen LogP contribution is -2.42. The van der Waals surface area contributed by atoms with E-state index in [1.807, 2.05) is 12.1 Å². The zero-order chi connectivity index (χ0) is 13.1. The van der Waals surface area contributed by atoms with Crippen LogP contribution in [0.15, 0.2) is 24.3 Å². The molecule has 0 amide bonds. The fraction of sp³-hybridized carbons (Fsp3) is 0.625. The maximum atomic E-state index is 6.05. The van der Waals surface area contributed by atoms with E-state index < -0.39 is 0 Å². The number of methoxy groups -OCH3 is 1. The van der Waals surface area contributed by atoms with Gasteiger partial charge in [0.2, 0.25) is 0 Å². The highest BCUT2D eigenvalue weighted by molar-refractivity contribution is 5.28. The number of piperidine rings is 1. The van der Waals surface area contributed by atoms with Crippen molar-refractivity contribution in [1.29, 1.82) is 0 Å². The normalized spacial score (nSPS) is 25.6. The van der Waals surface area contributed by atoms with Gasteiger partial charge in [-0.05, 0) is 56.5 Å². The first-order valence-corrected chi connectivity index (χ1v) is 7.28. The predicted octanol–water partition coefficient (Wildman–Crippen LogP) is 2.40. The van der Waals surface area contributed by atoms with Gasteiger partial charge in [0.25, 0.3) is 0 Å². The molecule has 0 unspecified atom stereocenters. The van der Waals surface area contributed by atoms with Gasteiger partial charge in [0.1, 0.15) is 5.75 Å². The van der Waals surface area contributed by atoms with E-state index in [2.05, 4.69) is 17.4 Å². The van der Waals surface area contributed by atoms with Gasteiger partial charge in [0.05, 0.1) is 13.2 Å². The lowest BCUT2D eigenvalue weighted by atomic mass is 9.72. The van der Waals surface area contributed by atoms with Crippen molar-refractivity contribution in [3.63, 3.8) is 0 Å². The van der Waals surface area contributed by atoms with Gasteiger partial charge in [-0.2, -0.15) is 0 Å². The monoisotopic (exact) mass is 261 g/mol. The Morgan fingerprint density at radius 1 is 1.21 bits per heavy atom. The molecule has 2 aliphatic heterocycles.